The number of hydrogen-bond acceptors (Lipinski definition) is 6. The maximum absolute atomic E-state index is 12.4. The number of hydrogen-bond donors (Lipinski definition) is 2. The number of aromatic nitrogens is 2. The number of nitrogens with one attached hydrogen (secondary N) is 2. The summed E-state index contributed by atoms with van der Waals surface area (Å²) in [6.07, 6.45) is 1.68. The molecule has 0 fully saturated rings. The number of carbonyl (C=O) groups is 2. The maximum Gasteiger partial charge on any atom is 0.275 e. The monoisotopic (exact) mass is 398 g/mol. The molecule has 0 saturated carbocycles. The summed E-state index contributed by atoms with van der Waals surface area (Å²) in [6, 6.07) is 5.37. The first-order chi connectivity index (χ1) is 11.8. The second-order valence-electron chi connectivity index (χ2n) is 4.95. The van der Waals surface area contributed by atoms with Crippen LogP contribution in [0, 0.1) is 0 Å². The fraction of sp³-hybridized carbons (Fsp3) is 0.0714. The number of carbonyl (C=O) groups excluding carboxylic acids is 2. The molecular formula is C14H11ClN4O4S2. The van der Waals surface area contributed by atoms with Crippen molar-refractivity contribution in [3.63, 3.8) is 0 Å². The summed E-state index contributed by atoms with van der Waals surface area (Å²) in [5, 5.41) is 4.48. The van der Waals surface area contributed by atoms with Crippen LogP contribution in [0.4, 0.5) is 5.69 Å². The van der Waals surface area contributed by atoms with Crippen molar-refractivity contribution in [1.82, 2.24) is 14.1 Å². The minimum Gasteiger partial charge on any atom is -0.321 e. The van der Waals surface area contributed by atoms with Gasteiger partial charge >= 0.3 is 0 Å². The van der Waals surface area contributed by atoms with Crippen molar-refractivity contribution < 1.29 is 18.0 Å². The number of nitrogens with zero attached hydrogens (tertiary/aromatic N) is 2. The third-order valence-corrected chi connectivity index (χ3v) is 5.60. The van der Waals surface area contributed by atoms with Gasteiger partial charge in [0.05, 0.1) is 4.90 Å². The van der Waals surface area contributed by atoms with Crippen LogP contribution in [-0.2, 0) is 14.8 Å². The molecule has 0 aliphatic heterocycles. The molecule has 11 heteroatoms. The number of fused-ring (bicyclic) bond motifs is 1. The number of imidazole rings is 1. The molecule has 8 nitrogen and oxygen atoms in total. The number of rotatable bonds is 4. The molecule has 2 amide bonds. The SMILES string of the molecule is CC(=O)NS(=O)(=O)c1ccc(NC(=O)c2c(Cl)nc3sccn23)cc1. The number of thiazole rings is 1. The van der Waals surface area contributed by atoms with Gasteiger partial charge in [-0.3, -0.25) is 14.0 Å². The van der Waals surface area contributed by atoms with Gasteiger partial charge in [0.15, 0.2) is 15.8 Å². The molecule has 130 valence electrons. The van der Waals surface area contributed by atoms with Gasteiger partial charge in [0, 0.05) is 24.2 Å². The van der Waals surface area contributed by atoms with Gasteiger partial charge in [0.1, 0.15) is 0 Å². The van der Waals surface area contributed by atoms with Crippen molar-refractivity contribution in [3.8, 4) is 0 Å². The minimum absolute atomic E-state index is 0.0780. The Labute approximate surface area is 151 Å². The predicted molar refractivity (Wildman–Crippen MR) is 93.5 cm³/mol. The molecule has 2 aromatic heterocycles. The van der Waals surface area contributed by atoms with Crippen LogP contribution in [-0.4, -0.2) is 29.6 Å². The topological polar surface area (TPSA) is 110 Å². The number of benzene rings is 1. The third kappa shape index (κ3) is 3.50. The minimum atomic E-state index is -3.92. The van der Waals surface area contributed by atoms with E-state index >= 15 is 0 Å². The van der Waals surface area contributed by atoms with Gasteiger partial charge in [0.25, 0.3) is 15.9 Å². The highest BCUT2D eigenvalue weighted by Gasteiger charge is 2.20. The average molecular weight is 399 g/mol. The van der Waals surface area contributed by atoms with Gasteiger partial charge in [-0.15, -0.1) is 11.3 Å². The van der Waals surface area contributed by atoms with Gasteiger partial charge in [-0.25, -0.2) is 18.1 Å². The number of sulfonamides is 1. The van der Waals surface area contributed by atoms with Crippen LogP contribution in [0.3, 0.4) is 0 Å². The highest BCUT2D eigenvalue weighted by molar-refractivity contribution is 7.90. The van der Waals surface area contributed by atoms with Crippen LogP contribution in [0.2, 0.25) is 5.15 Å². The molecule has 3 rings (SSSR count). The van der Waals surface area contributed by atoms with Crippen LogP contribution < -0.4 is 10.0 Å². The molecule has 0 radical (unpaired) electrons. The lowest BCUT2D eigenvalue weighted by atomic mass is 10.3. The summed E-state index contributed by atoms with van der Waals surface area (Å²) in [5.41, 5.74) is 0.556. The van der Waals surface area contributed by atoms with E-state index in [1.807, 2.05) is 4.72 Å². The van der Waals surface area contributed by atoms with Gasteiger partial charge in [-0.2, -0.15) is 0 Å². The van der Waals surface area contributed by atoms with E-state index in [2.05, 4.69) is 10.3 Å². The predicted octanol–water partition coefficient (Wildman–Crippen LogP) is 2.13. The Balaban J connectivity index is 1.82. The molecule has 0 atom stereocenters. The van der Waals surface area contributed by atoms with Gasteiger partial charge in [-0.05, 0) is 24.3 Å². The van der Waals surface area contributed by atoms with Gasteiger partial charge in [-0.1, -0.05) is 11.6 Å². The molecule has 0 spiro atoms. The number of anilines is 1. The Kier molecular flexibility index (Phi) is 4.50. The summed E-state index contributed by atoms with van der Waals surface area (Å²) in [7, 11) is -3.92. The zero-order valence-electron chi connectivity index (χ0n) is 12.7. The quantitative estimate of drug-likeness (QED) is 0.699. The van der Waals surface area contributed by atoms with Gasteiger partial charge < -0.3 is 5.32 Å². The molecule has 0 aliphatic rings. The average Bonchev–Trinajstić information content (AvgIpc) is 3.06. The van der Waals surface area contributed by atoms with Crippen molar-refractivity contribution in [1.29, 1.82) is 0 Å². The molecule has 2 N–H and O–H groups in total. The number of amides is 2. The Bertz CT molecular complexity index is 1070. The summed E-state index contributed by atoms with van der Waals surface area (Å²) < 4.78 is 27.2. The lowest BCUT2D eigenvalue weighted by Gasteiger charge is -2.07. The van der Waals surface area contributed by atoms with E-state index in [1.165, 1.54) is 35.6 Å². The van der Waals surface area contributed by atoms with Crippen molar-refractivity contribution in [2.75, 3.05) is 5.32 Å². The van der Waals surface area contributed by atoms with Crippen molar-refractivity contribution in [2.24, 2.45) is 0 Å². The van der Waals surface area contributed by atoms with Crippen LogP contribution in [0.5, 0.6) is 0 Å². The Morgan fingerprint density at radius 1 is 1.24 bits per heavy atom. The molecule has 2 heterocycles. The zero-order valence-corrected chi connectivity index (χ0v) is 15.1. The highest BCUT2D eigenvalue weighted by Crippen LogP contribution is 2.22. The maximum atomic E-state index is 12.4. The second-order valence-corrected chi connectivity index (χ2v) is 7.86. The summed E-state index contributed by atoms with van der Waals surface area (Å²) in [4.78, 5) is 27.9. The third-order valence-electron chi connectivity index (χ3n) is 3.14. The fourth-order valence-electron chi connectivity index (χ4n) is 2.12. The van der Waals surface area contributed by atoms with Crippen LogP contribution in [0.15, 0.2) is 40.7 Å². The van der Waals surface area contributed by atoms with Crippen molar-refractivity contribution in [2.45, 2.75) is 11.8 Å². The molecule has 0 unspecified atom stereocenters. The van der Waals surface area contributed by atoms with Crippen LogP contribution in [0.1, 0.15) is 17.4 Å². The fourth-order valence-corrected chi connectivity index (χ4v) is 4.13. The molecule has 0 aliphatic carbocycles. The summed E-state index contributed by atoms with van der Waals surface area (Å²) in [6.45, 7) is 1.10. The Morgan fingerprint density at radius 2 is 1.92 bits per heavy atom. The largest absolute Gasteiger partial charge is 0.321 e. The number of halogens is 1. The first kappa shape index (κ1) is 17.4. The Morgan fingerprint density at radius 3 is 2.56 bits per heavy atom. The lowest BCUT2D eigenvalue weighted by Crippen LogP contribution is -2.28. The molecule has 25 heavy (non-hydrogen) atoms. The molecular weight excluding hydrogens is 388 g/mol. The molecule has 0 bridgehead atoms. The summed E-state index contributed by atoms with van der Waals surface area (Å²) in [5.74, 6) is -1.17. The van der Waals surface area contributed by atoms with E-state index in [4.69, 9.17) is 11.6 Å². The normalized spacial score (nSPS) is 11.4. The smallest absolute Gasteiger partial charge is 0.275 e. The van der Waals surface area contributed by atoms with E-state index in [9.17, 15) is 18.0 Å². The van der Waals surface area contributed by atoms with E-state index in [0.717, 1.165) is 6.92 Å². The molecule has 0 saturated heterocycles. The van der Waals surface area contributed by atoms with E-state index < -0.39 is 21.8 Å². The van der Waals surface area contributed by atoms with Crippen molar-refractivity contribution >= 4 is 55.4 Å². The zero-order chi connectivity index (χ0) is 18.2. The molecule has 1 aromatic carbocycles. The van der Waals surface area contributed by atoms with E-state index in [0.29, 0.717) is 10.6 Å². The summed E-state index contributed by atoms with van der Waals surface area (Å²) >= 11 is 7.34. The van der Waals surface area contributed by atoms with Crippen LogP contribution in [0.25, 0.3) is 4.96 Å². The highest BCUT2D eigenvalue weighted by atomic mass is 35.5. The van der Waals surface area contributed by atoms with E-state index in [1.54, 1.807) is 16.0 Å². The Hall–Kier alpha value is -2.43. The second kappa shape index (κ2) is 6.47. The van der Waals surface area contributed by atoms with E-state index in [-0.39, 0.29) is 15.7 Å². The first-order valence-electron chi connectivity index (χ1n) is 6.84. The van der Waals surface area contributed by atoms with Crippen LogP contribution >= 0.6 is 22.9 Å². The first-order valence-corrected chi connectivity index (χ1v) is 9.58. The lowest BCUT2D eigenvalue weighted by molar-refractivity contribution is -0.117. The molecule has 3 aromatic rings. The van der Waals surface area contributed by atoms with Gasteiger partial charge in [0.2, 0.25) is 5.91 Å². The standard InChI is InChI=1S/C14H11ClN4O4S2/c1-8(20)18-25(22,23)10-4-2-9(3-5-10)16-13(21)11-12(15)17-14-19(11)6-7-24-14/h2-7H,1H3,(H,16,21)(H,18,20). The van der Waals surface area contributed by atoms with Crippen molar-refractivity contribution in [3.05, 3.63) is 46.7 Å².